The van der Waals surface area contributed by atoms with Crippen LogP contribution in [0.1, 0.15) is 28.5 Å². The number of aryl methyl sites for hydroxylation is 2. The van der Waals surface area contributed by atoms with Gasteiger partial charge < -0.3 is 14.6 Å². The number of hydrogen-bond acceptors (Lipinski definition) is 2. The highest BCUT2D eigenvalue weighted by Gasteiger charge is 2.19. The van der Waals surface area contributed by atoms with Crippen LogP contribution < -0.4 is 10.1 Å². The van der Waals surface area contributed by atoms with Gasteiger partial charge in [-0.05, 0) is 31.5 Å². The molecular weight excluding hydrogens is 300 g/mol. The number of carbonyl (C=O) groups is 1. The summed E-state index contributed by atoms with van der Waals surface area (Å²) in [5.41, 5.74) is 3.81. The van der Waals surface area contributed by atoms with Gasteiger partial charge in [-0.3, -0.25) is 4.79 Å². The molecule has 0 aliphatic heterocycles. The minimum absolute atomic E-state index is 0.0588. The third-order valence-electron chi connectivity index (χ3n) is 4.39. The maximum absolute atomic E-state index is 12.8. The third-order valence-corrected chi connectivity index (χ3v) is 4.39. The summed E-state index contributed by atoms with van der Waals surface area (Å²) < 4.78 is 7.42. The van der Waals surface area contributed by atoms with E-state index in [0.717, 1.165) is 40.0 Å². The number of hydrogen-bond donors (Lipinski definition) is 1. The summed E-state index contributed by atoms with van der Waals surface area (Å²) in [7, 11) is 1.64. The van der Waals surface area contributed by atoms with E-state index >= 15 is 0 Å². The van der Waals surface area contributed by atoms with Gasteiger partial charge in [0.15, 0.2) is 0 Å². The first-order valence-electron chi connectivity index (χ1n) is 8.15. The first-order chi connectivity index (χ1) is 11.7. The lowest BCUT2D eigenvalue weighted by Gasteiger charge is -2.12. The standard InChI is InChI=1S/C20H22N2O2/c1-4-22-17-11-7-6-10-16(17)14(2)19(22)20(23)21-13-15-9-5-8-12-18(15)24-3/h5-12H,4,13H2,1-3H3,(H,21,23). The molecule has 24 heavy (non-hydrogen) atoms. The number of rotatable bonds is 5. The van der Waals surface area contributed by atoms with Crippen LogP contribution >= 0.6 is 0 Å². The average molecular weight is 322 g/mol. The van der Waals surface area contributed by atoms with Crippen LogP contribution in [0.25, 0.3) is 10.9 Å². The highest BCUT2D eigenvalue weighted by atomic mass is 16.5. The van der Waals surface area contributed by atoms with Crippen molar-refractivity contribution in [1.29, 1.82) is 0 Å². The van der Waals surface area contributed by atoms with Crippen LogP contribution in [0, 0.1) is 6.92 Å². The van der Waals surface area contributed by atoms with E-state index in [1.54, 1.807) is 7.11 Å². The number of carbonyl (C=O) groups excluding carboxylic acids is 1. The molecule has 4 nitrogen and oxygen atoms in total. The predicted octanol–water partition coefficient (Wildman–Crippen LogP) is 3.91. The number of nitrogens with zero attached hydrogens (tertiary/aromatic N) is 1. The van der Waals surface area contributed by atoms with E-state index in [-0.39, 0.29) is 5.91 Å². The van der Waals surface area contributed by atoms with Gasteiger partial charge in [0, 0.05) is 29.6 Å². The van der Waals surface area contributed by atoms with Crippen LogP contribution in [0.3, 0.4) is 0 Å². The number of aromatic nitrogens is 1. The fourth-order valence-electron chi connectivity index (χ4n) is 3.21. The van der Waals surface area contributed by atoms with Gasteiger partial charge in [0.2, 0.25) is 0 Å². The largest absolute Gasteiger partial charge is 0.496 e. The minimum atomic E-state index is -0.0588. The average Bonchev–Trinajstić information content (AvgIpc) is 2.92. The fourth-order valence-corrected chi connectivity index (χ4v) is 3.21. The molecule has 0 aliphatic rings. The monoisotopic (exact) mass is 322 g/mol. The van der Waals surface area contributed by atoms with Gasteiger partial charge in [-0.25, -0.2) is 0 Å². The third kappa shape index (κ3) is 2.75. The summed E-state index contributed by atoms with van der Waals surface area (Å²) in [6.07, 6.45) is 0. The molecule has 1 amide bonds. The van der Waals surface area contributed by atoms with E-state index in [1.165, 1.54) is 0 Å². The molecule has 0 bridgehead atoms. The van der Waals surface area contributed by atoms with Gasteiger partial charge in [-0.1, -0.05) is 36.4 Å². The van der Waals surface area contributed by atoms with Crippen molar-refractivity contribution >= 4 is 16.8 Å². The Labute approximate surface area is 142 Å². The lowest BCUT2D eigenvalue weighted by Crippen LogP contribution is -2.26. The van der Waals surface area contributed by atoms with Gasteiger partial charge in [0.1, 0.15) is 11.4 Å². The quantitative estimate of drug-likeness (QED) is 0.774. The first-order valence-corrected chi connectivity index (χ1v) is 8.15. The van der Waals surface area contributed by atoms with Crippen LogP contribution in [-0.2, 0) is 13.1 Å². The Hall–Kier alpha value is -2.75. The molecule has 1 aromatic heterocycles. The SMILES string of the molecule is CCn1c(C(=O)NCc2ccccc2OC)c(C)c2ccccc21. The number of fused-ring (bicyclic) bond motifs is 1. The first kappa shape index (κ1) is 16.1. The molecule has 0 aliphatic carbocycles. The number of para-hydroxylation sites is 2. The molecule has 0 radical (unpaired) electrons. The second-order valence-corrected chi connectivity index (χ2v) is 5.73. The predicted molar refractivity (Wildman–Crippen MR) is 96.5 cm³/mol. The molecule has 4 heteroatoms. The number of methoxy groups -OCH3 is 1. The zero-order valence-corrected chi connectivity index (χ0v) is 14.3. The van der Waals surface area contributed by atoms with Gasteiger partial charge in [-0.15, -0.1) is 0 Å². The van der Waals surface area contributed by atoms with Crippen molar-refractivity contribution in [2.45, 2.75) is 26.9 Å². The maximum atomic E-state index is 12.8. The Morgan fingerprint density at radius 2 is 1.83 bits per heavy atom. The van der Waals surface area contributed by atoms with Crippen molar-refractivity contribution in [3.8, 4) is 5.75 Å². The van der Waals surface area contributed by atoms with E-state index in [9.17, 15) is 4.79 Å². The van der Waals surface area contributed by atoms with Crippen molar-refractivity contribution in [1.82, 2.24) is 9.88 Å². The van der Waals surface area contributed by atoms with Crippen LogP contribution in [-0.4, -0.2) is 17.6 Å². The zero-order chi connectivity index (χ0) is 17.1. The van der Waals surface area contributed by atoms with Crippen molar-refractivity contribution in [2.24, 2.45) is 0 Å². The van der Waals surface area contributed by atoms with Crippen molar-refractivity contribution in [3.05, 3.63) is 65.4 Å². The molecule has 1 N–H and O–H groups in total. The lowest BCUT2D eigenvalue weighted by molar-refractivity contribution is 0.0941. The van der Waals surface area contributed by atoms with E-state index < -0.39 is 0 Å². The summed E-state index contributed by atoms with van der Waals surface area (Å²) in [6.45, 7) is 5.26. The summed E-state index contributed by atoms with van der Waals surface area (Å²) >= 11 is 0. The van der Waals surface area contributed by atoms with Gasteiger partial charge in [-0.2, -0.15) is 0 Å². The van der Waals surface area contributed by atoms with Crippen LogP contribution in [0.15, 0.2) is 48.5 Å². The van der Waals surface area contributed by atoms with E-state index in [2.05, 4.69) is 28.9 Å². The fraction of sp³-hybridized carbons (Fsp3) is 0.250. The Balaban J connectivity index is 1.90. The molecule has 0 unspecified atom stereocenters. The summed E-state index contributed by atoms with van der Waals surface area (Å²) in [6, 6.07) is 15.9. The van der Waals surface area contributed by atoms with Gasteiger partial charge in [0.25, 0.3) is 5.91 Å². The van der Waals surface area contributed by atoms with Crippen molar-refractivity contribution in [2.75, 3.05) is 7.11 Å². The molecule has 0 saturated carbocycles. The van der Waals surface area contributed by atoms with Crippen molar-refractivity contribution in [3.63, 3.8) is 0 Å². The highest BCUT2D eigenvalue weighted by Crippen LogP contribution is 2.25. The normalized spacial score (nSPS) is 10.8. The second kappa shape index (κ2) is 6.79. The molecule has 0 saturated heterocycles. The molecule has 0 fully saturated rings. The summed E-state index contributed by atoms with van der Waals surface area (Å²) in [5.74, 6) is 0.724. The molecular formula is C20H22N2O2. The number of ether oxygens (including phenoxy) is 1. The van der Waals surface area contributed by atoms with Gasteiger partial charge in [0.05, 0.1) is 7.11 Å². The highest BCUT2D eigenvalue weighted by molar-refractivity contribution is 6.01. The van der Waals surface area contributed by atoms with Crippen molar-refractivity contribution < 1.29 is 9.53 Å². The second-order valence-electron chi connectivity index (χ2n) is 5.73. The molecule has 0 atom stereocenters. The number of amides is 1. The maximum Gasteiger partial charge on any atom is 0.268 e. The molecule has 0 spiro atoms. The number of nitrogens with one attached hydrogen (secondary N) is 1. The van der Waals surface area contributed by atoms with Crippen LogP contribution in [0.2, 0.25) is 0 Å². The van der Waals surface area contributed by atoms with Gasteiger partial charge >= 0.3 is 0 Å². The van der Waals surface area contributed by atoms with Crippen LogP contribution in [0.4, 0.5) is 0 Å². The molecule has 124 valence electrons. The van der Waals surface area contributed by atoms with E-state index in [0.29, 0.717) is 6.54 Å². The molecule has 1 heterocycles. The lowest BCUT2D eigenvalue weighted by atomic mass is 10.1. The Morgan fingerprint density at radius 3 is 2.58 bits per heavy atom. The Morgan fingerprint density at radius 1 is 1.12 bits per heavy atom. The topological polar surface area (TPSA) is 43.3 Å². The van der Waals surface area contributed by atoms with E-state index in [4.69, 9.17) is 4.74 Å². The summed E-state index contributed by atoms with van der Waals surface area (Å²) in [5, 5.41) is 4.15. The Bertz CT molecular complexity index is 880. The molecule has 2 aromatic carbocycles. The summed E-state index contributed by atoms with van der Waals surface area (Å²) in [4.78, 5) is 12.8. The smallest absolute Gasteiger partial charge is 0.268 e. The minimum Gasteiger partial charge on any atom is -0.496 e. The molecule has 3 aromatic rings. The Kier molecular flexibility index (Phi) is 4.56. The number of benzene rings is 2. The van der Waals surface area contributed by atoms with E-state index in [1.807, 2.05) is 43.3 Å². The zero-order valence-electron chi connectivity index (χ0n) is 14.3. The molecule has 3 rings (SSSR count). The van der Waals surface area contributed by atoms with Crippen LogP contribution in [0.5, 0.6) is 5.75 Å².